The van der Waals surface area contributed by atoms with E-state index in [1.54, 1.807) is 0 Å². The molecule has 30 heavy (non-hydrogen) atoms. The van der Waals surface area contributed by atoms with Gasteiger partial charge in [-0.2, -0.15) is 0 Å². The topological polar surface area (TPSA) is 65.4 Å². The summed E-state index contributed by atoms with van der Waals surface area (Å²) in [5.74, 6) is 1.68. The van der Waals surface area contributed by atoms with E-state index in [0.29, 0.717) is 30.5 Å². The molecule has 160 valence electrons. The van der Waals surface area contributed by atoms with Gasteiger partial charge >= 0.3 is 0 Å². The first kappa shape index (κ1) is 22.1. The number of fused-ring (bicyclic) bond motifs is 1. The monoisotopic (exact) mass is 429 g/mol. The van der Waals surface area contributed by atoms with Crippen LogP contribution in [0, 0.1) is 0 Å². The van der Waals surface area contributed by atoms with Gasteiger partial charge in [0.2, 0.25) is 5.91 Å². The molecule has 0 bridgehead atoms. The zero-order valence-corrected chi connectivity index (χ0v) is 18.0. The summed E-state index contributed by atoms with van der Waals surface area (Å²) in [5, 5.41) is 3.47. The molecule has 6 nitrogen and oxygen atoms in total. The van der Waals surface area contributed by atoms with Crippen LogP contribution in [0.3, 0.4) is 0 Å². The third kappa shape index (κ3) is 6.21. The van der Waals surface area contributed by atoms with Crippen molar-refractivity contribution in [3.05, 3.63) is 59.4 Å². The second-order valence-electron chi connectivity index (χ2n) is 7.04. The lowest BCUT2D eigenvalue weighted by Gasteiger charge is -2.12. The molecule has 1 N–H and O–H groups in total. The Morgan fingerprint density at radius 2 is 1.90 bits per heavy atom. The lowest BCUT2D eigenvalue weighted by molar-refractivity contribution is -0.124. The second-order valence-corrected chi connectivity index (χ2v) is 7.45. The van der Waals surface area contributed by atoms with Crippen molar-refractivity contribution in [2.24, 2.45) is 0 Å². The van der Waals surface area contributed by atoms with Crippen molar-refractivity contribution in [3.63, 3.8) is 0 Å². The Bertz CT molecular complexity index is 958. The van der Waals surface area contributed by atoms with E-state index >= 15 is 0 Å². The number of hydrogen-bond donors (Lipinski definition) is 1. The fourth-order valence-corrected chi connectivity index (χ4v) is 3.56. The van der Waals surface area contributed by atoms with Crippen LogP contribution < -0.4 is 10.1 Å². The summed E-state index contributed by atoms with van der Waals surface area (Å²) >= 11 is 6.18. The van der Waals surface area contributed by atoms with Crippen LogP contribution in [0.2, 0.25) is 5.02 Å². The maximum atomic E-state index is 11.4. The van der Waals surface area contributed by atoms with E-state index in [4.69, 9.17) is 26.1 Å². The molecule has 0 atom stereocenters. The van der Waals surface area contributed by atoms with E-state index in [1.165, 1.54) is 7.11 Å². The molecule has 0 radical (unpaired) electrons. The predicted octanol–water partition coefficient (Wildman–Crippen LogP) is 4.24. The SMILES string of the molecule is COCC(=O)NCCCCCc1nc2ccccc2n1CCOc1ccccc1Cl. The minimum Gasteiger partial charge on any atom is -0.490 e. The molecule has 2 aromatic carbocycles. The summed E-state index contributed by atoms with van der Waals surface area (Å²) in [6.45, 7) is 2.00. The van der Waals surface area contributed by atoms with Crippen molar-refractivity contribution < 1.29 is 14.3 Å². The number of imidazole rings is 1. The van der Waals surface area contributed by atoms with Gasteiger partial charge in [-0.25, -0.2) is 4.98 Å². The predicted molar refractivity (Wildman–Crippen MR) is 119 cm³/mol. The van der Waals surface area contributed by atoms with Crippen LogP contribution >= 0.6 is 11.6 Å². The molecular weight excluding hydrogens is 402 g/mol. The van der Waals surface area contributed by atoms with Crippen LogP contribution in [0.15, 0.2) is 48.5 Å². The van der Waals surface area contributed by atoms with Gasteiger partial charge in [-0.3, -0.25) is 4.79 Å². The van der Waals surface area contributed by atoms with Gasteiger partial charge in [0.05, 0.1) is 22.6 Å². The van der Waals surface area contributed by atoms with Crippen LogP contribution in [0.25, 0.3) is 11.0 Å². The largest absolute Gasteiger partial charge is 0.490 e. The van der Waals surface area contributed by atoms with E-state index < -0.39 is 0 Å². The lowest BCUT2D eigenvalue weighted by Crippen LogP contribution is -2.27. The molecule has 0 aliphatic carbocycles. The Labute approximate surface area is 182 Å². The van der Waals surface area contributed by atoms with Gasteiger partial charge in [0.15, 0.2) is 0 Å². The number of methoxy groups -OCH3 is 1. The maximum Gasteiger partial charge on any atom is 0.245 e. The molecule has 3 aromatic rings. The van der Waals surface area contributed by atoms with Crippen molar-refractivity contribution >= 4 is 28.5 Å². The number of hydrogen-bond acceptors (Lipinski definition) is 4. The highest BCUT2D eigenvalue weighted by molar-refractivity contribution is 6.32. The van der Waals surface area contributed by atoms with E-state index in [-0.39, 0.29) is 12.5 Å². The van der Waals surface area contributed by atoms with Gasteiger partial charge in [0, 0.05) is 20.1 Å². The van der Waals surface area contributed by atoms with Gasteiger partial charge < -0.3 is 19.4 Å². The first-order chi connectivity index (χ1) is 14.7. The van der Waals surface area contributed by atoms with Crippen molar-refractivity contribution in [2.75, 3.05) is 26.9 Å². The number of nitrogens with one attached hydrogen (secondary N) is 1. The normalized spacial score (nSPS) is 11.0. The molecule has 0 aliphatic heterocycles. The van der Waals surface area contributed by atoms with Gasteiger partial charge in [0.25, 0.3) is 0 Å². The smallest absolute Gasteiger partial charge is 0.245 e. The summed E-state index contributed by atoms with van der Waals surface area (Å²) in [5.41, 5.74) is 2.11. The van der Waals surface area contributed by atoms with E-state index in [9.17, 15) is 4.79 Å². The Kier molecular flexibility index (Phi) is 8.53. The molecule has 3 rings (SSSR count). The van der Waals surface area contributed by atoms with Crippen LogP contribution in [0.1, 0.15) is 25.1 Å². The Hall–Kier alpha value is -2.57. The van der Waals surface area contributed by atoms with E-state index in [2.05, 4.69) is 16.0 Å². The van der Waals surface area contributed by atoms with Crippen molar-refractivity contribution in [2.45, 2.75) is 32.2 Å². The molecular formula is C23H28ClN3O3. The van der Waals surface area contributed by atoms with Crippen molar-refractivity contribution in [1.82, 2.24) is 14.9 Å². The number of para-hydroxylation sites is 3. The summed E-state index contributed by atoms with van der Waals surface area (Å²) in [6, 6.07) is 15.7. The molecule has 0 aliphatic rings. The van der Waals surface area contributed by atoms with Crippen molar-refractivity contribution in [1.29, 1.82) is 0 Å². The number of aryl methyl sites for hydroxylation is 1. The standard InChI is InChI=1S/C23H28ClN3O3/c1-29-17-23(28)25-14-8-2-3-13-22-26-19-10-5-6-11-20(19)27(22)15-16-30-21-12-7-4-9-18(21)24/h4-7,9-12H,2-3,8,13-17H2,1H3,(H,25,28). The summed E-state index contributed by atoms with van der Waals surface area (Å²) < 4.78 is 12.9. The molecule has 1 aromatic heterocycles. The Balaban J connectivity index is 1.54. The molecule has 0 saturated heterocycles. The zero-order valence-electron chi connectivity index (χ0n) is 17.3. The number of halogens is 1. The molecule has 1 amide bonds. The fourth-order valence-electron chi connectivity index (χ4n) is 3.37. The molecule has 1 heterocycles. The van der Waals surface area contributed by atoms with E-state index in [1.807, 2.05) is 42.5 Å². The van der Waals surface area contributed by atoms with Crippen LogP contribution in [0.4, 0.5) is 0 Å². The fraction of sp³-hybridized carbons (Fsp3) is 0.391. The highest BCUT2D eigenvalue weighted by Crippen LogP contribution is 2.23. The zero-order chi connectivity index (χ0) is 21.2. The number of unbranched alkanes of at least 4 members (excludes halogenated alkanes) is 2. The van der Waals surface area contributed by atoms with Gasteiger partial charge in [-0.05, 0) is 37.1 Å². The quantitative estimate of drug-likeness (QED) is 0.437. The molecule has 0 unspecified atom stereocenters. The molecule has 0 fully saturated rings. The highest BCUT2D eigenvalue weighted by atomic mass is 35.5. The lowest BCUT2D eigenvalue weighted by atomic mass is 10.2. The van der Waals surface area contributed by atoms with Gasteiger partial charge in [0.1, 0.15) is 24.8 Å². The van der Waals surface area contributed by atoms with Crippen LogP contribution in [-0.2, 0) is 22.5 Å². The number of aromatic nitrogens is 2. The number of ether oxygens (including phenoxy) is 2. The van der Waals surface area contributed by atoms with Crippen molar-refractivity contribution in [3.8, 4) is 5.75 Å². The number of carbonyl (C=O) groups excluding carboxylic acids is 1. The number of benzene rings is 2. The second kappa shape index (κ2) is 11.6. The first-order valence-corrected chi connectivity index (χ1v) is 10.6. The van der Waals surface area contributed by atoms with E-state index in [0.717, 1.165) is 42.5 Å². The van der Waals surface area contributed by atoms with Gasteiger partial charge in [-0.15, -0.1) is 0 Å². The molecule has 0 spiro atoms. The number of carbonyl (C=O) groups is 1. The summed E-state index contributed by atoms with van der Waals surface area (Å²) in [6.07, 6.45) is 3.85. The average Bonchev–Trinajstić information content (AvgIpc) is 3.10. The highest BCUT2D eigenvalue weighted by Gasteiger charge is 2.11. The number of amides is 1. The van der Waals surface area contributed by atoms with Gasteiger partial charge in [-0.1, -0.05) is 42.3 Å². The first-order valence-electron chi connectivity index (χ1n) is 10.3. The minimum atomic E-state index is -0.0715. The number of rotatable bonds is 12. The summed E-state index contributed by atoms with van der Waals surface area (Å²) in [7, 11) is 1.52. The Morgan fingerprint density at radius 3 is 2.73 bits per heavy atom. The maximum absolute atomic E-state index is 11.4. The third-order valence-corrected chi connectivity index (χ3v) is 5.13. The van der Waals surface area contributed by atoms with Crippen LogP contribution in [-0.4, -0.2) is 42.3 Å². The Morgan fingerprint density at radius 1 is 1.10 bits per heavy atom. The average molecular weight is 430 g/mol. The summed E-state index contributed by atoms with van der Waals surface area (Å²) in [4.78, 5) is 16.2. The van der Waals surface area contributed by atoms with Crippen LogP contribution in [0.5, 0.6) is 5.75 Å². The molecule has 7 heteroatoms. The third-order valence-electron chi connectivity index (χ3n) is 4.82. The minimum absolute atomic E-state index is 0.0715. The molecule has 0 saturated carbocycles. The number of nitrogens with zero attached hydrogens (tertiary/aromatic N) is 2.